The van der Waals surface area contributed by atoms with Crippen LogP contribution in [0.5, 0.6) is 0 Å². The summed E-state index contributed by atoms with van der Waals surface area (Å²) in [5, 5.41) is 5.39. The van der Waals surface area contributed by atoms with Crippen molar-refractivity contribution in [1.82, 2.24) is 5.32 Å². The number of rotatable bonds is 6. The van der Waals surface area contributed by atoms with E-state index in [0.29, 0.717) is 0 Å². The Morgan fingerprint density at radius 3 is 2.25 bits per heavy atom. The van der Waals surface area contributed by atoms with Crippen LogP contribution in [0.3, 0.4) is 0 Å². The number of amides is 1. The minimum Gasteiger partial charge on any atom is -0.322 e. The lowest BCUT2D eigenvalue weighted by Gasteiger charge is -2.23. The summed E-state index contributed by atoms with van der Waals surface area (Å²) < 4.78 is 39.7. The third-order valence-electron chi connectivity index (χ3n) is 3.58. The molecule has 128 valence electrons. The van der Waals surface area contributed by atoms with Crippen molar-refractivity contribution in [2.45, 2.75) is 19.9 Å². The summed E-state index contributed by atoms with van der Waals surface area (Å²) in [5.74, 6) is -2.02. The summed E-state index contributed by atoms with van der Waals surface area (Å²) >= 11 is 0. The van der Waals surface area contributed by atoms with Crippen LogP contribution in [0.4, 0.5) is 18.9 Å². The van der Waals surface area contributed by atoms with Crippen molar-refractivity contribution in [3.63, 3.8) is 0 Å². The highest BCUT2D eigenvalue weighted by molar-refractivity contribution is 5.92. The number of halogens is 3. The monoisotopic (exact) mass is 336 g/mol. The zero-order chi connectivity index (χ0) is 17.7. The molecule has 1 atom stereocenters. The number of anilines is 1. The summed E-state index contributed by atoms with van der Waals surface area (Å²) in [7, 11) is 0. The Kier molecular flexibility index (Phi) is 5.98. The van der Waals surface area contributed by atoms with Crippen LogP contribution in [0.15, 0.2) is 42.5 Å². The van der Waals surface area contributed by atoms with E-state index in [1.807, 2.05) is 13.8 Å². The van der Waals surface area contributed by atoms with E-state index in [-0.39, 0.29) is 30.0 Å². The Balaban J connectivity index is 2.00. The van der Waals surface area contributed by atoms with E-state index >= 15 is 0 Å². The minimum absolute atomic E-state index is 0.0871. The van der Waals surface area contributed by atoms with E-state index in [2.05, 4.69) is 10.6 Å². The average molecular weight is 336 g/mol. The summed E-state index contributed by atoms with van der Waals surface area (Å²) in [6.45, 7) is 3.84. The molecule has 0 spiro atoms. The molecule has 0 heterocycles. The van der Waals surface area contributed by atoms with E-state index in [1.54, 1.807) is 12.1 Å². The number of carbonyl (C=O) groups is 1. The fourth-order valence-corrected chi connectivity index (χ4v) is 2.40. The van der Waals surface area contributed by atoms with Gasteiger partial charge in [0.2, 0.25) is 5.91 Å². The molecule has 6 heteroatoms. The Bertz CT molecular complexity index is 702. The lowest BCUT2D eigenvalue weighted by Crippen LogP contribution is -2.33. The van der Waals surface area contributed by atoms with Crippen LogP contribution in [0.25, 0.3) is 0 Å². The molecule has 0 fully saturated rings. The van der Waals surface area contributed by atoms with Crippen molar-refractivity contribution >= 4 is 11.6 Å². The average Bonchev–Trinajstić information content (AvgIpc) is 2.52. The molecule has 0 radical (unpaired) electrons. The van der Waals surface area contributed by atoms with Gasteiger partial charge in [-0.3, -0.25) is 4.79 Å². The Hall–Kier alpha value is -2.34. The fraction of sp³-hybridized carbons (Fsp3) is 0.278. The van der Waals surface area contributed by atoms with Crippen molar-refractivity contribution < 1.29 is 18.0 Å². The zero-order valence-electron chi connectivity index (χ0n) is 13.4. The molecule has 0 aliphatic rings. The Morgan fingerprint density at radius 1 is 1.00 bits per heavy atom. The third-order valence-corrected chi connectivity index (χ3v) is 3.58. The molecule has 0 aliphatic heterocycles. The van der Waals surface area contributed by atoms with Crippen molar-refractivity contribution in [2.24, 2.45) is 5.92 Å². The molecule has 0 bridgehead atoms. The van der Waals surface area contributed by atoms with Crippen LogP contribution >= 0.6 is 0 Å². The van der Waals surface area contributed by atoms with E-state index in [0.717, 1.165) is 23.8 Å². The standard InChI is InChI=1S/C18H19F3N2O/c1-11(2)18(12-3-5-13(19)6-4-12)22-10-17(24)23-16-9-14(20)7-8-15(16)21/h3-9,11,18,22H,10H2,1-2H3,(H,23,24). The molecule has 0 saturated heterocycles. The quantitative estimate of drug-likeness (QED) is 0.836. The van der Waals surface area contributed by atoms with Gasteiger partial charge in [0, 0.05) is 12.1 Å². The number of hydrogen-bond acceptors (Lipinski definition) is 2. The molecule has 1 unspecified atom stereocenters. The molecule has 0 saturated carbocycles. The van der Waals surface area contributed by atoms with Gasteiger partial charge in [0.1, 0.15) is 17.5 Å². The van der Waals surface area contributed by atoms with Crippen molar-refractivity contribution in [3.05, 3.63) is 65.5 Å². The van der Waals surface area contributed by atoms with Crippen LogP contribution in [-0.4, -0.2) is 12.5 Å². The van der Waals surface area contributed by atoms with Crippen molar-refractivity contribution in [2.75, 3.05) is 11.9 Å². The first-order valence-electron chi connectivity index (χ1n) is 7.60. The van der Waals surface area contributed by atoms with Gasteiger partial charge in [-0.05, 0) is 35.7 Å². The number of nitrogens with one attached hydrogen (secondary N) is 2. The van der Waals surface area contributed by atoms with Gasteiger partial charge in [0.05, 0.1) is 12.2 Å². The maximum Gasteiger partial charge on any atom is 0.238 e. The molecule has 24 heavy (non-hydrogen) atoms. The lowest BCUT2D eigenvalue weighted by atomic mass is 9.96. The maximum absolute atomic E-state index is 13.5. The molecule has 0 aliphatic carbocycles. The highest BCUT2D eigenvalue weighted by Crippen LogP contribution is 2.22. The first-order chi connectivity index (χ1) is 11.4. The van der Waals surface area contributed by atoms with Gasteiger partial charge in [0.25, 0.3) is 0 Å². The predicted molar refractivity (Wildman–Crippen MR) is 87.0 cm³/mol. The topological polar surface area (TPSA) is 41.1 Å². The number of hydrogen-bond donors (Lipinski definition) is 2. The second-order valence-electron chi connectivity index (χ2n) is 5.83. The summed E-state index contributed by atoms with van der Waals surface area (Å²) in [6.07, 6.45) is 0. The number of carbonyl (C=O) groups excluding carboxylic acids is 1. The van der Waals surface area contributed by atoms with E-state index < -0.39 is 17.5 Å². The Labute approximate surface area is 138 Å². The van der Waals surface area contributed by atoms with Gasteiger partial charge in [-0.2, -0.15) is 0 Å². The molecule has 0 aromatic heterocycles. The molecule has 2 N–H and O–H groups in total. The van der Waals surface area contributed by atoms with Crippen LogP contribution < -0.4 is 10.6 Å². The molecular weight excluding hydrogens is 317 g/mol. The van der Waals surface area contributed by atoms with Crippen molar-refractivity contribution in [1.29, 1.82) is 0 Å². The first kappa shape index (κ1) is 18.0. The van der Waals surface area contributed by atoms with Crippen LogP contribution in [-0.2, 0) is 4.79 Å². The second kappa shape index (κ2) is 7.97. The summed E-state index contributed by atoms with van der Waals surface area (Å²) in [5.41, 5.74) is 0.640. The van der Waals surface area contributed by atoms with Gasteiger partial charge < -0.3 is 10.6 Å². The van der Waals surface area contributed by atoms with Crippen LogP contribution in [0.2, 0.25) is 0 Å². The summed E-state index contributed by atoms with van der Waals surface area (Å²) in [6, 6.07) is 8.69. The maximum atomic E-state index is 13.5. The van der Waals surface area contributed by atoms with Gasteiger partial charge in [-0.1, -0.05) is 26.0 Å². The predicted octanol–water partition coefficient (Wildman–Crippen LogP) is 4.03. The van der Waals surface area contributed by atoms with E-state index in [1.165, 1.54) is 12.1 Å². The summed E-state index contributed by atoms with van der Waals surface area (Å²) in [4.78, 5) is 12.0. The SMILES string of the molecule is CC(C)C(NCC(=O)Nc1cc(F)ccc1F)c1ccc(F)cc1. The van der Waals surface area contributed by atoms with E-state index in [4.69, 9.17) is 0 Å². The molecule has 2 aromatic carbocycles. The molecule has 2 aromatic rings. The lowest BCUT2D eigenvalue weighted by molar-refractivity contribution is -0.115. The van der Waals surface area contributed by atoms with Gasteiger partial charge in [-0.25, -0.2) is 13.2 Å². The van der Waals surface area contributed by atoms with Gasteiger partial charge in [0.15, 0.2) is 0 Å². The molecule has 1 amide bonds. The molecule has 3 nitrogen and oxygen atoms in total. The smallest absolute Gasteiger partial charge is 0.238 e. The molecular formula is C18H19F3N2O. The Morgan fingerprint density at radius 2 is 1.62 bits per heavy atom. The van der Waals surface area contributed by atoms with E-state index in [9.17, 15) is 18.0 Å². The van der Waals surface area contributed by atoms with Crippen molar-refractivity contribution in [3.8, 4) is 0 Å². The molecule has 2 rings (SSSR count). The number of benzene rings is 2. The highest BCUT2D eigenvalue weighted by atomic mass is 19.1. The normalized spacial score (nSPS) is 12.2. The van der Waals surface area contributed by atoms with Gasteiger partial charge >= 0.3 is 0 Å². The largest absolute Gasteiger partial charge is 0.322 e. The highest BCUT2D eigenvalue weighted by Gasteiger charge is 2.17. The van der Waals surface area contributed by atoms with Crippen LogP contribution in [0, 0.1) is 23.4 Å². The second-order valence-corrected chi connectivity index (χ2v) is 5.83. The first-order valence-corrected chi connectivity index (χ1v) is 7.60. The van der Waals surface area contributed by atoms with Crippen LogP contribution in [0.1, 0.15) is 25.5 Å². The zero-order valence-corrected chi connectivity index (χ0v) is 13.4. The minimum atomic E-state index is -0.705. The fourth-order valence-electron chi connectivity index (χ4n) is 2.40. The third kappa shape index (κ3) is 4.83. The van der Waals surface area contributed by atoms with Gasteiger partial charge in [-0.15, -0.1) is 0 Å².